The summed E-state index contributed by atoms with van der Waals surface area (Å²) in [7, 11) is 2.10. The molecule has 2 aliphatic heterocycles. The van der Waals surface area contributed by atoms with Crippen molar-refractivity contribution in [2.75, 3.05) is 39.8 Å². The number of likely N-dealkylation sites (tertiary alicyclic amines) is 1. The van der Waals surface area contributed by atoms with Crippen molar-refractivity contribution in [2.24, 2.45) is 5.92 Å². The molecular weight excluding hydrogens is 214 g/mol. The molecule has 1 N–H and O–H groups in total. The second-order valence-corrected chi connectivity index (χ2v) is 5.54. The van der Waals surface area contributed by atoms with E-state index in [-0.39, 0.29) is 0 Å². The molecule has 0 radical (unpaired) electrons. The van der Waals surface area contributed by atoms with E-state index < -0.39 is 0 Å². The summed E-state index contributed by atoms with van der Waals surface area (Å²) in [5, 5.41) is 3.41. The molecule has 0 aromatic rings. The molecule has 0 spiro atoms. The second kappa shape index (κ2) is 5.83. The average Bonchev–Trinajstić information content (AvgIpc) is 2.82. The van der Waals surface area contributed by atoms with Gasteiger partial charge in [0.25, 0.3) is 0 Å². The molecule has 17 heavy (non-hydrogen) atoms. The lowest BCUT2D eigenvalue weighted by Crippen LogP contribution is -2.50. The summed E-state index contributed by atoms with van der Waals surface area (Å²) in [5.41, 5.74) is 0. The predicted octanol–water partition coefficient (Wildman–Crippen LogP) is 0.539. The average molecular weight is 239 g/mol. The Bertz CT molecular complexity index is 263. The molecule has 2 aliphatic rings. The number of nitrogens with one attached hydrogen (secondary N) is 1. The summed E-state index contributed by atoms with van der Waals surface area (Å²) in [6.07, 6.45) is 3.52. The third kappa shape index (κ3) is 3.19. The van der Waals surface area contributed by atoms with Gasteiger partial charge < -0.3 is 10.2 Å². The van der Waals surface area contributed by atoms with E-state index in [9.17, 15) is 4.79 Å². The van der Waals surface area contributed by atoms with Crippen molar-refractivity contribution in [2.45, 2.75) is 32.2 Å². The zero-order valence-electron chi connectivity index (χ0n) is 11.1. The predicted molar refractivity (Wildman–Crippen MR) is 68.9 cm³/mol. The van der Waals surface area contributed by atoms with Crippen LogP contribution in [0.2, 0.25) is 0 Å². The van der Waals surface area contributed by atoms with Gasteiger partial charge in [-0.2, -0.15) is 0 Å². The van der Waals surface area contributed by atoms with Crippen LogP contribution in [0, 0.1) is 5.92 Å². The maximum Gasteiger partial charge on any atom is 0.236 e. The van der Waals surface area contributed by atoms with Gasteiger partial charge in [-0.1, -0.05) is 6.92 Å². The van der Waals surface area contributed by atoms with Gasteiger partial charge in [0, 0.05) is 19.1 Å². The molecule has 2 atom stereocenters. The molecule has 4 nitrogen and oxygen atoms in total. The molecule has 2 rings (SSSR count). The van der Waals surface area contributed by atoms with Gasteiger partial charge in [-0.15, -0.1) is 0 Å². The first-order valence-corrected chi connectivity index (χ1v) is 6.87. The van der Waals surface area contributed by atoms with E-state index in [0.29, 0.717) is 24.4 Å². The Hall–Kier alpha value is -0.610. The Morgan fingerprint density at radius 2 is 2.12 bits per heavy atom. The standard InChI is InChI=1S/C13H25N3O/c1-11-9-14-6-5-12(11)15(2)10-13(17)16-7-3-4-8-16/h11-12,14H,3-10H2,1-2H3. The molecule has 2 fully saturated rings. The Balaban J connectivity index is 1.82. The van der Waals surface area contributed by atoms with E-state index in [2.05, 4.69) is 24.2 Å². The van der Waals surface area contributed by atoms with Crippen molar-refractivity contribution in [3.05, 3.63) is 0 Å². The number of carbonyl (C=O) groups excluding carboxylic acids is 1. The summed E-state index contributed by atoms with van der Waals surface area (Å²) in [6, 6.07) is 0.558. The van der Waals surface area contributed by atoms with Gasteiger partial charge >= 0.3 is 0 Å². The number of hydrogen-bond donors (Lipinski definition) is 1. The van der Waals surface area contributed by atoms with Crippen LogP contribution in [0.15, 0.2) is 0 Å². The molecule has 98 valence electrons. The van der Waals surface area contributed by atoms with Gasteiger partial charge in [0.05, 0.1) is 6.54 Å². The van der Waals surface area contributed by atoms with Crippen LogP contribution in [-0.4, -0.2) is 61.5 Å². The van der Waals surface area contributed by atoms with Crippen molar-refractivity contribution in [1.29, 1.82) is 0 Å². The van der Waals surface area contributed by atoms with Gasteiger partial charge in [0.1, 0.15) is 0 Å². The molecule has 0 aromatic carbocycles. The molecular formula is C13H25N3O. The number of nitrogens with zero attached hydrogens (tertiary/aromatic N) is 2. The third-order valence-corrected chi connectivity index (χ3v) is 4.15. The Morgan fingerprint density at radius 3 is 2.76 bits per heavy atom. The lowest BCUT2D eigenvalue weighted by molar-refractivity contribution is -0.131. The smallest absolute Gasteiger partial charge is 0.236 e. The number of rotatable bonds is 3. The van der Waals surface area contributed by atoms with Gasteiger partial charge in [0.2, 0.25) is 5.91 Å². The van der Waals surface area contributed by atoms with Gasteiger partial charge in [-0.05, 0) is 45.3 Å². The zero-order valence-corrected chi connectivity index (χ0v) is 11.1. The van der Waals surface area contributed by atoms with E-state index in [1.807, 2.05) is 4.90 Å². The maximum atomic E-state index is 12.1. The van der Waals surface area contributed by atoms with Crippen LogP contribution in [0.25, 0.3) is 0 Å². The fourth-order valence-electron chi connectivity index (χ4n) is 3.05. The monoisotopic (exact) mass is 239 g/mol. The lowest BCUT2D eigenvalue weighted by atomic mass is 9.94. The molecule has 2 heterocycles. The van der Waals surface area contributed by atoms with Crippen LogP contribution >= 0.6 is 0 Å². The molecule has 1 amide bonds. The van der Waals surface area contributed by atoms with Crippen molar-refractivity contribution < 1.29 is 4.79 Å². The van der Waals surface area contributed by atoms with Gasteiger partial charge in [0.15, 0.2) is 0 Å². The number of piperidine rings is 1. The minimum absolute atomic E-state index is 0.315. The molecule has 2 unspecified atom stereocenters. The first kappa shape index (κ1) is 12.8. The van der Waals surface area contributed by atoms with Crippen molar-refractivity contribution in [3.8, 4) is 0 Å². The van der Waals surface area contributed by atoms with Crippen LogP contribution < -0.4 is 5.32 Å². The van der Waals surface area contributed by atoms with Crippen LogP contribution in [-0.2, 0) is 4.79 Å². The van der Waals surface area contributed by atoms with Crippen LogP contribution in [0.1, 0.15) is 26.2 Å². The number of likely N-dealkylation sites (N-methyl/N-ethyl adjacent to an activating group) is 1. The first-order valence-electron chi connectivity index (χ1n) is 6.87. The number of amides is 1. The largest absolute Gasteiger partial charge is 0.342 e. The summed E-state index contributed by atoms with van der Waals surface area (Å²) >= 11 is 0. The lowest BCUT2D eigenvalue weighted by Gasteiger charge is -2.36. The molecule has 0 aliphatic carbocycles. The highest BCUT2D eigenvalue weighted by atomic mass is 16.2. The number of hydrogen-bond acceptors (Lipinski definition) is 3. The van der Waals surface area contributed by atoms with E-state index >= 15 is 0 Å². The fraction of sp³-hybridized carbons (Fsp3) is 0.923. The molecule has 0 aromatic heterocycles. The summed E-state index contributed by atoms with van der Waals surface area (Å²) in [4.78, 5) is 16.3. The van der Waals surface area contributed by atoms with E-state index in [1.165, 1.54) is 12.8 Å². The molecule has 0 bridgehead atoms. The van der Waals surface area contributed by atoms with Gasteiger partial charge in [-0.25, -0.2) is 0 Å². The zero-order chi connectivity index (χ0) is 12.3. The van der Waals surface area contributed by atoms with Crippen molar-refractivity contribution >= 4 is 5.91 Å². The second-order valence-electron chi connectivity index (χ2n) is 5.54. The Kier molecular flexibility index (Phi) is 4.40. The van der Waals surface area contributed by atoms with Crippen LogP contribution in [0.3, 0.4) is 0 Å². The highest BCUT2D eigenvalue weighted by Crippen LogP contribution is 2.17. The van der Waals surface area contributed by atoms with Crippen LogP contribution in [0.5, 0.6) is 0 Å². The summed E-state index contributed by atoms with van der Waals surface area (Å²) in [5.74, 6) is 0.955. The normalized spacial score (nSPS) is 29.9. The summed E-state index contributed by atoms with van der Waals surface area (Å²) < 4.78 is 0. The Morgan fingerprint density at radius 1 is 1.41 bits per heavy atom. The minimum atomic E-state index is 0.315. The molecule has 0 saturated carbocycles. The molecule has 2 saturated heterocycles. The maximum absolute atomic E-state index is 12.1. The topological polar surface area (TPSA) is 35.6 Å². The van der Waals surface area contributed by atoms with E-state index in [1.54, 1.807) is 0 Å². The van der Waals surface area contributed by atoms with E-state index in [4.69, 9.17) is 0 Å². The fourth-order valence-corrected chi connectivity index (χ4v) is 3.05. The SMILES string of the molecule is CC1CNCCC1N(C)CC(=O)N1CCCC1. The first-order chi connectivity index (χ1) is 8.18. The molecule has 4 heteroatoms. The van der Waals surface area contributed by atoms with Crippen molar-refractivity contribution in [3.63, 3.8) is 0 Å². The minimum Gasteiger partial charge on any atom is -0.342 e. The van der Waals surface area contributed by atoms with Gasteiger partial charge in [-0.3, -0.25) is 9.69 Å². The third-order valence-electron chi connectivity index (χ3n) is 4.15. The quantitative estimate of drug-likeness (QED) is 0.781. The van der Waals surface area contributed by atoms with Crippen LogP contribution in [0.4, 0.5) is 0 Å². The highest BCUT2D eigenvalue weighted by Gasteiger charge is 2.27. The Labute approximate surface area is 104 Å². The highest BCUT2D eigenvalue weighted by molar-refractivity contribution is 5.78. The summed E-state index contributed by atoms with van der Waals surface area (Å²) in [6.45, 7) is 6.95. The number of carbonyl (C=O) groups is 1. The van der Waals surface area contributed by atoms with Crippen molar-refractivity contribution in [1.82, 2.24) is 15.1 Å². The van der Waals surface area contributed by atoms with E-state index in [0.717, 1.165) is 32.6 Å².